The van der Waals surface area contributed by atoms with Gasteiger partial charge in [0.1, 0.15) is 0 Å². The summed E-state index contributed by atoms with van der Waals surface area (Å²) in [6, 6.07) is 11.0. The lowest BCUT2D eigenvalue weighted by Crippen LogP contribution is -2.56. The van der Waals surface area contributed by atoms with Gasteiger partial charge in [-0.2, -0.15) is 0 Å². The van der Waals surface area contributed by atoms with E-state index in [0.29, 0.717) is 18.5 Å². The molecule has 2 heterocycles. The number of carbonyl (C=O) groups is 1. The number of aliphatic hydroxyl groups is 1. The molecule has 3 rings (SSSR count). The first-order valence-electron chi connectivity index (χ1n) is 9.12. The van der Waals surface area contributed by atoms with Crippen LogP contribution in [-0.2, 0) is 0 Å². The van der Waals surface area contributed by atoms with Gasteiger partial charge in [0.25, 0.3) is 0 Å². The molecular weight excluding hydrogens is 302 g/mol. The minimum Gasteiger partial charge on any atom is -0.396 e. The first-order chi connectivity index (χ1) is 11.7. The molecule has 5 nitrogen and oxygen atoms in total. The second kappa shape index (κ2) is 7.99. The van der Waals surface area contributed by atoms with Crippen LogP contribution in [0.1, 0.15) is 50.1 Å². The molecule has 3 atom stereocenters. The molecule has 1 aromatic rings. The van der Waals surface area contributed by atoms with Crippen LogP contribution >= 0.6 is 0 Å². The Bertz CT molecular complexity index is 523. The van der Waals surface area contributed by atoms with Crippen molar-refractivity contribution in [2.24, 2.45) is 0 Å². The molecule has 2 fully saturated rings. The lowest BCUT2D eigenvalue weighted by Gasteiger charge is -2.47. The van der Waals surface area contributed by atoms with E-state index in [-0.39, 0.29) is 24.7 Å². The summed E-state index contributed by atoms with van der Waals surface area (Å²) in [7, 11) is 2.22. The minimum atomic E-state index is -0.151. The number of fused-ring (bicyclic) bond motifs is 2. The fourth-order valence-electron chi connectivity index (χ4n) is 4.26. The molecule has 5 heteroatoms. The number of hydrogen-bond donors (Lipinski definition) is 3. The lowest BCUT2D eigenvalue weighted by molar-refractivity contribution is 0.0508. The van der Waals surface area contributed by atoms with Gasteiger partial charge in [0, 0.05) is 24.7 Å². The second-order valence-corrected chi connectivity index (χ2v) is 7.17. The van der Waals surface area contributed by atoms with E-state index in [0.717, 1.165) is 18.4 Å². The summed E-state index contributed by atoms with van der Waals surface area (Å²) in [5.41, 5.74) is 1.03. The van der Waals surface area contributed by atoms with Gasteiger partial charge >= 0.3 is 6.03 Å². The topological polar surface area (TPSA) is 64.6 Å². The summed E-state index contributed by atoms with van der Waals surface area (Å²) in [6.45, 7) is 0.0538. The van der Waals surface area contributed by atoms with Gasteiger partial charge in [-0.15, -0.1) is 0 Å². The third kappa shape index (κ3) is 4.08. The quantitative estimate of drug-likeness (QED) is 0.776. The van der Waals surface area contributed by atoms with E-state index in [1.807, 2.05) is 30.3 Å². The molecule has 2 unspecified atom stereocenters. The first kappa shape index (κ1) is 17.2. The van der Waals surface area contributed by atoms with Crippen molar-refractivity contribution in [2.75, 3.05) is 13.7 Å². The van der Waals surface area contributed by atoms with Crippen molar-refractivity contribution in [1.29, 1.82) is 0 Å². The van der Waals surface area contributed by atoms with Crippen LogP contribution in [0.5, 0.6) is 0 Å². The molecular formula is C19H29N3O2. The molecule has 2 aliphatic heterocycles. The third-order valence-corrected chi connectivity index (χ3v) is 5.60. The van der Waals surface area contributed by atoms with Crippen molar-refractivity contribution in [3.63, 3.8) is 0 Å². The molecule has 24 heavy (non-hydrogen) atoms. The van der Waals surface area contributed by atoms with Crippen LogP contribution in [0.3, 0.4) is 0 Å². The zero-order valence-electron chi connectivity index (χ0n) is 14.4. The Kier molecular flexibility index (Phi) is 5.74. The van der Waals surface area contributed by atoms with Crippen LogP contribution in [0.4, 0.5) is 4.79 Å². The number of piperidine rings is 2. The number of nitrogens with one attached hydrogen (secondary N) is 2. The minimum absolute atomic E-state index is 0.0538. The van der Waals surface area contributed by atoms with Crippen LogP contribution in [0.25, 0.3) is 0 Å². The maximum Gasteiger partial charge on any atom is 0.315 e. The maximum absolute atomic E-state index is 12.5. The standard InChI is InChI=1S/C19H29N3O2/c1-22-16-8-5-9-17(22)13-15(12-16)20-19(24)21-18(10-11-23)14-6-3-2-4-7-14/h2-4,6-7,15-18,23H,5,8-13H2,1H3,(H2,20,21,24)/t15?,16?,17?,18-/m1/s1. The number of aliphatic hydroxyl groups excluding tert-OH is 1. The highest BCUT2D eigenvalue weighted by atomic mass is 16.3. The van der Waals surface area contributed by atoms with Crippen LogP contribution in [0.2, 0.25) is 0 Å². The van der Waals surface area contributed by atoms with E-state index >= 15 is 0 Å². The summed E-state index contributed by atoms with van der Waals surface area (Å²) in [5, 5.41) is 15.5. The number of amides is 2. The molecule has 2 amide bonds. The number of urea groups is 1. The molecule has 3 N–H and O–H groups in total. The molecule has 132 valence electrons. The van der Waals surface area contributed by atoms with Crippen LogP contribution in [0.15, 0.2) is 30.3 Å². The second-order valence-electron chi connectivity index (χ2n) is 7.17. The van der Waals surface area contributed by atoms with Gasteiger partial charge in [0.2, 0.25) is 0 Å². The van der Waals surface area contributed by atoms with E-state index in [4.69, 9.17) is 0 Å². The highest BCUT2D eigenvalue weighted by molar-refractivity contribution is 5.74. The number of carbonyl (C=O) groups excluding carboxylic acids is 1. The van der Waals surface area contributed by atoms with E-state index in [9.17, 15) is 9.90 Å². The molecule has 2 saturated heterocycles. The fraction of sp³-hybridized carbons (Fsp3) is 0.632. The molecule has 0 spiro atoms. The summed E-state index contributed by atoms with van der Waals surface area (Å²) < 4.78 is 0. The number of nitrogens with zero attached hydrogens (tertiary/aromatic N) is 1. The number of benzene rings is 1. The maximum atomic E-state index is 12.5. The largest absolute Gasteiger partial charge is 0.396 e. The zero-order valence-corrected chi connectivity index (χ0v) is 14.4. The first-order valence-corrected chi connectivity index (χ1v) is 9.12. The smallest absolute Gasteiger partial charge is 0.315 e. The Morgan fingerprint density at radius 3 is 2.54 bits per heavy atom. The lowest BCUT2D eigenvalue weighted by atomic mass is 9.82. The number of rotatable bonds is 5. The average Bonchev–Trinajstić information content (AvgIpc) is 2.56. The number of hydrogen-bond acceptors (Lipinski definition) is 3. The zero-order chi connectivity index (χ0) is 16.9. The molecule has 0 aliphatic carbocycles. The normalized spacial score (nSPS) is 28.2. The SMILES string of the molecule is CN1C2CCCC1CC(NC(=O)N[C@H](CCO)c1ccccc1)C2. The predicted octanol–water partition coefficient (Wildman–Crippen LogP) is 2.42. The van der Waals surface area contributed by atoms with Crippen molar-refractivity contribution in [3.8, 4) is 0 Å². The Labute approximate surface area is 144 Å². The van der Waals surface area contributed by atoms with Crippen LogP contribution in [-0.4, -0.2) is 47.8 Å². The van der Waals surface area contributed by atoms with Gasteiger partial charge in [0.15, 0.2) is 0 Å². The van der Waals surface area contributed by atoms with E-state index in [1.54, 1.807) is 0 Å². The molecule has 0 saturated carbocycles. The summed E-state index contributed by atoms with van der Waals surface area (Å²) in [4.78, 5) is 15.0. The monoisotopic (exact) mass is 331 g/mol. The highest BCUT2D eigenvalue weighted by Gasteiger charge is 2.36. The van der Waals surface area contributed by atoms with E-state index in [2.05, 4.69) is 22.6 Å². The summed E-state index contributed by atoms with van der Waals surface area (Å²) in [6.07, 6.45) is 6.39. The molecule has 2 aliphatic rings. The van der Waals surface area contributed by atoms with E-state index in [1.165, 1.54) is 19.3 Å². The van der Waals surface area contributed by atoms with Crippen molar-refractivity contribution >= 4 is 6.03 Å². The molecule has 1 aromatic carbocycles. The van der Waals surface area contributed by atoms with Crippen molar-refractivity contribution in [3.05, 3.63) is 35.9 Å². The Balaban J connectivity index is 1.56. The van der Waals surface area contributed by atoms with E-state index < -0.39 is 0 Å². The summed E-state index contributed by atoms with van der Waals surface area (Å²) >= 11 is 0. The highest BCUT2D eigenvalue weighted by Crippen LogP contribution is 2.32. The van der Waals surface area contributed by atoms with Gasteiger partial charge in [-0.1, -0.05) is 36.8 Å². The van der Waals surface area contributed by atoms with Crippen molar-refractivity contribution in [1.82, 2.24) is 15.5 Å². The van der Waals surface area contributed by atoms with Gasteiger partial charge < -0.3 is 20.6 Å². The molecule has 0 aromatic heterocycles. The Morgan fingerprint density at radius 1 is 1.25 bits per heavy atom. The van der Waals surface area contributed by atoms with Gasteiger partial charge in [0.05, 0.1) is 6.04 Å². The average molecular weight is 331 g/mol. The van der Waals surface area contributed by atoms with Gasteiger partial charge in [-0.25, -0.2) is 4.79 Å². The summed E-state index contributed by atoms with van der Waals surface area (Å²) in [5.74, 6) is 0. The molecule has 2 bridgehead atoms. The Morgan fingerprint density at radius 2 is 1.92 bits per heavy atom. The van der Waals surface area contributed by atoms with Crippen molar-refractivity contribution in [2.45, 2.75) is 62.7 Å². The van der Waals surface area contributed by atoms with Crippen LogP contribution in [0, 0.1) is 0 Å². The van der Waals surface area contributed by atoms with Gasteiger partial charge in [-0.3, -0.25) is 0 Å². The molecule has 0 radical (unpaired) electrons. The predicted molar refractivity (Wildman–Crippen MR) is 94.8 cm³/mol. The van der Waals surface area contributed by atoms with Gasteiger partial charge in [-0.05, 0) is 44.7 Å². The van der Waals surface area contributed by atoms with Crippen molar-refractivity contribution < 1.29 is 9.90 Å². The van der Waals surface area contributed by atoms with Crippen LogP contribution < -0.4 is 10.6 Å². The third-order valence-electron chi connectivity index (χ3n) is 5.60. The Hall–Kier alpha value is -1.59. The fourth-order valence-corrected chi connectivity index (χ4v) is 4.26.